The molecule has 0 spiro atoms. The molecule has 0 saturated heterocycles. The number of para-hydroxylation sites is 1. The van der Waals surface area contributed by atoms with Gasteiger partial charge >= 0.3 is 202 Å². The van der Waals surface area contributed by atoms with Crippen molar-refractivity contribution in [3.63, 3.8) is 0 Å². The summed E-state index contributed by atoms with van der Waals surface area (Å²) in [5.41, 5.74) is 0.555. The minimum absolute atomic E-state index is 0.108. The average molecular weight is 571 g/mol. The van der Waals surface area contributed by atoms with E-state index in [-0.39, 0.29) is 15.5 Å². The molecule has 2 aromatic carbocycles. The van der Waals surface area contributed by atoms with Crippen LogP contribution < -0.4 is 9.35 Å². The quantitative estimate of drug-likeness (QED) is 0.323. The Morgan fingerprint density at radius 3 is 1.53 bits per heavy atom. The van der Waals surface area contributed by atoms with Crippen molar-refractivity contribution in [3.05, 3.63) is 48.5 Å². The van der Waals surface area contributed by atoms with E-state index in [0.29, 0.717) is 0 Å². The van der Waals surface area contributed by atoms with Crippen LogP contribution in [0.5, 0.6) is 0 Å². The maximum absolute atomic E-state index is 13.9. The molecule has 0 aliphatic carbocycles. The number of nitrogens with one attached hydrogen (secondary N) is 1. The summed E-state index contributed by atoms with van der Waals surface area (Å²) in [6.07, 6.45) is 1.50. The van der Waals surface area contributed by atoms with Crippen LogP contribution in [0.25, 0.3) is 11.1 Å². The first-order chi connectivity index (χ1) is 14.4. The van der Waals surface area contributed by atoms with Gasteiger partial charge in [-0.2, -0.15) is 0 Å². The molecule has 1 N–H and O–H groups in total. The molecule has 0 fully saturated rings. The second kappa shape index (κ2) is 9.15. The number of rotatable bonds is 5. The molecule has 0 aliphatic rings. The third-order valence-electron chi connectivity index (χ3n) is 5.90. The maximum atomic E-state index is 13.9. The topological polar surface area (TPSA) is 46.2 Å². The molecule has 0 unspecified atom stereocenters. The predicted octanol–water partition coefficient (Wildman–Crippen LogP) is 6.66. The van der Waals surface area contributed by atoms with Crippen LogP contribution in [0.2, 0.25) is 0 Å². The van der Waals surface area contributed by atoms with Crippen LogP contribution in [0.3, 0.4) is 0 Å². The molecule has 0 aliphatic heterocycles. The molecule has 0 atom stereocenters. The Morgan fingerprint density at radius 2 is 1.12 bits per heavy atom. The molecule has 0 radical (unpaired) electrons. The first-order valence-corrected chi connectivity index (χ1v) is 19.7. The van der Waals surface area contributed by atoms with Gasteiger partial charge in [-0.15, -0.1) is 0 Å². The van der Waals surface area contributed by atoms with Gasteiger partial charge in [-0.3, -0.25) is 0 Å². The van der Waals surface area contributed by atoms with Gasteiger partial charge in [0.15, 0.2) is 0 Å². The van der Waals surface area contributed by atoms with Gasteiger partial charge in [-0.05, 0) is 0 Å². The zero-order valence-electron chi connectivity index (χ0n) is 21.7. The average Bonchev–Trinajstić information content (AvgIpc) is 2.61. The Kier molecular flexibility index (Phi) is 7.87. The monoisotopic (exact) mass is 570 g/mol. The third kappa shape index (κ3) is 4.74. The molecule has 0 amide bonds. The molecule has 0 aromatic heterocycles. The molecule has 6 heteroatoms. The SMILES string of the molecule is CNc1ccccc1-c1cccc[c]1[Pd-]([PH](C(C)(C)C)(C(C)(C)C)C(C)(C)C)[S](C)(=O)=O. The number of benzene rings is 2. The van der Waals surface area contributed by atoms with Gasteiger partial charge in [-0.1, -0.05) is 0 Å². The van der Waals surface area contributed by atoms with E-state index in [0.717, 1.165) is 20.9 Å². The summed E-state index contributed by atoms with van der Waals surface area (Å²) < 4.78 is 28.9. The summed E-state index contributed by atoms with van der Waals surface area (Å²) in [4.78, 5) is 0. The van der Waals surface area contributed by atoms with E-state index < -0.39 is 28.1 Å². The molecule has 32 heavy (non-hydrogen) atoms. The summed E-state index contributed by atoms with van der Waals surface area (Å²) in [6, 6.07) is 16.5. The summed E-state index contributed by atoms with van der Waals surface area (Å²) in [5, 5.41) is 2.98. The van der Waals surface area contributed by atoms with Gasteiger partial charge in [0.05, 0.1) is 0 Å². The second-order valence-corrected chi connectivity index (χ2v) is 32.0. The molecule has 186 valence electrons. The van der Waals surface area contributed by atoms with Gasteiger partial charge in [0.25, 0.3) is 0 Å². The van der Waals surface area contributed by atoms with Crippen molar-refractivity contribution in [1.29, 1.82) is 0 Å². The molecule has 0 heterocycles. The normalized spacial score (nSPS) is 14.8. The Labute approximate surface area is 201 Å². The Bertz CT molecular complexity index is 1020. The summed E-state index contributed by atoms with van der Waals surface area (Å²) in [7, 11) is -1.40. The standard InChI is InChI=1S/C13H12N.C12H27P.CH3O2S.Pd/c1-14-13-10-6-5-9-12(13)11-7-3-2-4-8-11;1-10(2,3)13(11(4,5)6)12(7,8)9;1-4(2)3;/h2-7,9-10,14H,1H3;1-9H3;1H3;/q;;;-2/p+1. The zero-order valence-corrected chi connectivity index (χ0v) is 25.0. The Balaban J connectivity index is 3.12. The summed E-state index contributed by atoms with van der Waals surface area (Å²) in [5.74, 6) is 0. The van der Waals surface area contributed by atoms with Gasteiger partial charge in [0.2, 0.25) is 0 Å². The predicted molar refractivity (Wildman–Crippen MR) is 143 cm³/mol. The fourth-order valence-electron chi connectivity index (χ4n) is 6.17. The van der Waals surface area contributed by atoms with E-state index >= 15 is 0 Å². The number of hydrogen-bond donors (Lipinski definition) is 1. The second-order valence-electron chi connectivity index (χ2n) is 11.4. The van der Waals surface area contributed by atoms with Crippen LogP contribution >= 0.6 is 5.45 Å². The van der Waals surface area contributed by atoms with Gasteiger partial charge < -0.3 is 0 Å². The Morgan fingerprint density at radius 1 is 0.719 bits per heavy atom. The molecule has 2 rings (SSSR count). The van der Waals surface area contributed by atoms with Crippen molar-refractivity contribution in [2.45, 2.75) is 77.8 Å². The zero-order chi connectivity index (χ0) is 24.8. The van der Waals surface area contributed by atoms with E-state index in [1.807, 2.05) is 31.3 Å². The molecule has 3 nitrogen and oxygen atoms in total. The van der Waals surface area contributed by atoms with Crippen molar-refractivity contribution >= 4 is 22.8 Å². The first kappa shape index (κ1) is 27.5. The van der Waals surface area contributed by atoms with Crippen molar-refractivity contribution < 1.29 is 23.4 Å². The van der Waals surface area contributed by atoms with E-state index in [9.17, 15) is 8.42 Å². The van der Waals surface area contributed by atoms with Gasteiger partial charge in [0.1, 0.15) is 0 Å². The minimum atomic E-state index is -3.32. The van der Waals surface area contributed by atoms with Crippen molar-refractivity contribution in [2.75, 3.05) is 18.6 Å². The van der Waals surface area contributed by atoms with Gasteiger partial charge in [-0.25, -0.2) is 0 Å². The van der Waals surface area contributed by atoms with Crippen molar-refractivity contribution in [3.8, 4) is 11.1 Å². The van der Waals surface area contributed by atoms with Crippen LogP contribution in [-0.4, -0.2) is 37.2 Å². The molecular weight excluding hydrogens is 528 g/mol. The molecular formula is C26H43NO2PPdS-. The van der Waals surface area contributed by atoms with Crippen molar-refractivity contribution in [1.82, 2.24) is 0 Å². The molecule has 0 saturated carbocycles. The number of anilines is 1. The van der Waals surface area contributed by atoms with E-state index in [1.54, 1.807) is 0 Å². The van der Waals surface area contributed by atoms with Gasteiger partial charge in [0, 0.05) is 0 Å². The van der Waals surface area contributed by atoms with Crippen LogP contribution in [0.15, 0.2) is 48.5 Å². The van der Waals surface area contributed by atoms with Crippen LogP contribution in [0.4, 0.5) is 5.69 Å². The third-order valence-corrected chi connectivity index (χ3v) is 40.7. The number of hydrogen-bond acceptors (Lipinski definition) is 3. The fourth-order valence-corrected chi connectivity index (χ4v) is 50.1. The van der Waals surface area contributed by atoms with E-state index in [2.05, 4.69) is 91.9 Å². The molecule has 0 bridgehead atoms. The van der Waals surface area contributed by atoms with E-state index in [1.165, 1.54) is 6.26 Å². The summed E-state index contributed by atoms with van der Waals surface area (Å²) >= 11 is -2.24. The van der Waals surface area contributed by atoms with Crippen LogP contribution in [0, 0.1) is 0 Å². The first-order valence-electron chi connectivity index (χ1n) is 11.1. The van der Waals surface area contributed by atoms with Crippen LogP contribution in [0.1, 0.15) is 62.3 Å². The van der Waals surface area contributed by atoms with Crippen LogP contribution in [-0.2, 0) is 22.7 Å². The summed E-state index contributed by atoms with van der Waals surface area (Å²) in [6.45, 7) is 20.6. The molecule has 2 aromatic rings. The van der Waals surface area contributed by atoms with E-state index in [4.69, 9.17) is 0 Å². The fraction of sp³-hybridized carbons (Fsp3) is 0.538. The Hall–Kier alpha value is -0.718. The van der Waals surface area contributed by atoms with Crippen molar-refractivity contribution in [2.24, 2.45) is 0 Å².